The number of aliphatic imine (C=N–C) groups is 1. The highest BCUT2D eigenvalue weighted by atomic mass is 16.5. The SMILES string of the molecule is COc1cc(N=Cc2ccc(C(C)C)cc2)ccc1NC(=O)c1ccco1. The Morgan fingerprint density at radius 3 is 2.56 bits per heavy atom. The molecule has 1 aromatic heterocycles. The lowest BCUT2D eigenvalue weighted by atomic mass is 10.0. The molecule has 0 aliphatic carbocycles. The van der Waals surface area contributed by atoms with E-state index in [2.05, 4.69) is 36.3 Å². The Morgan fingerprint density at radius 2 is 1.93 bits per heavy atom. The zero-order valence-corrected chi connectivity index (χ0v) is 15.6. The molecule has 1 N–H and O–H groups in total. The van der Waals surface area contributed by atoms with Gasteiger partial charge < -0.3 is 14.5 Å². The lowest BCUT2D eigenvalue weighted by Gasteiger charge is -2.10. The fourth-order valence-corrected chi connectivity index (χ4v) is 2.57. The minimum absolute atomic E-state index is 0.240. The number of benzene rings is 2. The molecule has 27 heavy (non-hydrogen) atoms. The molecule has 5 heteroatoms. The summed E-state index contributed by atoms with van der Waals surface area (Å²) in [5.41, 5.74) is 3.61. The van der Waals surface area contributed by atoms with Gasteiger partial charge in [-0.05, 0) is 41.3 Å². The number of furan rings is 1. The van der Waals surface area contributed by atoms with Gasteiger partial charge in [0.15, 0.2) is 5.76 Å². The van der Waals surface area contributed by atoms with Gasteiger partial charge in [-0.25, -0.2) is 0 Å². The van der Waals surface area contributed by atoms with Gasteiger partial charge in [0.1, 0.15) is 5.75 Å². The van der Waals surface area contributed by atoms with Crippen molar-refractivity contribution in [2.45, 2.75) is 19.8 Å². The summed E-state index contributed by atoms with van der Waals surface area (Å²) in [7, 11) is 1.55. The zero-order valence-electron chi connectivity index (χ0n) is 15.6. The predicted octanol–water partition coefficient (Wildman–Crippen LogP) is 5.41. The second kappa shape index (κ2) is 8.36. The first-order valence-corrected chi connectivity index (χ1v) is 8.73. The summed E-state index contributed by atoms with van der Waals surface area (Å²) < 4.78 is 10.5. The topological polar surface area (TPSA) is 63.8 Å². The van der Waals surface area contributed by atoms with E-state index in [0.717, 1.165) is 11.3 Å². The summed E-state index contributed by atoms with van der Waals surface area (Å²) in [5.74, 6) is 0.938. The number of anilines is 1. The first kappa shape index (κ1) is 18.5. The summed E-state index contributed by atoms with van der Waals surface area (Å²) in [5, 5.41) is 2.77. The van der Waals surface area contributed by atoms with Gasteiger partial charge in [-0.3, -0.25) is 9.79 Å². The molecule has 0 spiro atoms. The van der Waals surface area contributed by atoms with E-state index in [9.17, 15) is 4.79 Å². The Morgan fingerprint density at radius 1 is 1.15 bits per heavy atom. The molecule has 0 aliphatic heterocycles. The number of carbonyl (C=O) groups excluding carboxylic acids is 1. The Balaban J connectivity index is 1.74. The monoisotopic (exact) mass is 362 g/mol. The highest BCUT2D eigenvalue weighted by Crippen LogP contribution is 2.30. The van der Waals surface area contributed by atoms with Crippen LogP contribution in [0.1, 0.15) is 41.4 Å². The second-order valence-corrected chi connectivity index (χ2v) is 6.40. The van der Waals surface area contributed by atoms with Crippen LogP contribution in [0.2, 0.25) is 0 Å². The summed E-state index contributed by atoms with van der Waals surface area (Å²) >= 11 is 0. The van der Waals surface area contributed by atoms with E-state index in [0.29, 0.717) is 17.4 Å². The van der Waals surface area contributed by atoms with E-state index < -0.39 is 0 Å². The molecule has 138 valence electrons. The van der Waals surface area contributed by atoms with Gasteiger partial charge in [0.05, 0.1) is 24.7 Å². The third-order valence-electron chi connectivity index (χ3n) is 4.14. The summed E-state index contributed by atoms with van der Waals surface area (Å²) in [6, 6.07) is 16.9. The molecule has 0 unspecified atom stereocenters. The summed E-state index contributed by atoms with van der Waals surface area (Å²) in [4.78, 5) is 16.6. The van der Waals surface area contributed by atoms with Gasteiger partial charge in [-0.1, -0.05) is 38.1 Å². The number of carbonyl (C=O) groups is 1. The van der Waals surface area contributed by atoms with Crippen LogP contribution in [0.15, 0.2) is 70.3 Å². The third kappa shape index (κ3) is 4.64. The fourth-order valence-electron chi connectivity index (χ4n) is 2.57. The highest BCUT2D eigenvalue weighted by Gasteiger charge is 2.12. The normalized spacial score (nSPS) is 11.1. The maximum Gasteiger partial charge on any atom is 0.291 e. The number of amides is 1. The molecule has 0 bridgehead atoms. The van der Waals surface area contributed by atoms with Crippen LogP contribution in [0, 0.1) is 0 Å². The standard InChI is InChI=1S/C22H22N2O3/c1-15(2)17-8-6-16(7-9-17)14-23-18-10-11-19(21(13-18)26-3)24-22(25)20-5-4-12-27-20/h4-15H,1-3H3,(H,24,25). The molecule has 0 saturated heterocycles. The molecular weight excluding hydrogens is 340 g/mol. The van der Waals surface area contributed by atoms with E-state index in [1.807, 2.05) is 18.2 Å². The van der Waals surface area contributed by atoms with Crippen molar-refractivity contribution in [1.29, 1.82) is 0 Å². The Labute approximate surface area is 158 Å². The van der Waals surface area contributed by atoms with E-state index in [-0.39, 0.29) is 11.7 Å². The van der Waals surface area contributed by atoms with Crippen molar-refractivity contribution in [3.8, 4) is 5.75 Å². The van der Waals surface area contributed by atoms with Gasteiger partial charge in [0, 0.05) is 12.3 Å². The van der Waals surface area contributed by atoms with E-state index in [4.69, 9.17) is 9.15 Å². The first-order valence-electron chi connectivity index (χ1n) is 8.73. The largest absolute Gasteiger partial charge is 0.494 e. The van der Waals surface area contributed by atoms with Gasteiger partial charge in [-0.15, -0.1) is 0 Å². The zero-order chi connectivity index (χ0) is 19.2. The number of methoxy groups -OCH3 is 1. The molecule has 1 heterocycles. The molecular formula is C22H22N2O3. The maximum atomic E-state index is 12.1. The van der Waals surface area contributed by atoms with E-state index >= 15 is 0 Å². The minimum Gasteiger partial charge on any atom is -0.494 e. The minimum atomic E-state index is -0.334. The Hall–Kier alpha value is -3.34. The number of nitrogens with zero attached hydrogens (tertiary/aromatic N) is 1. The predicted molar refractivity (Wildman–Crippen MR) is 107 cm³/mol. The smallest absolute Gasteiger partial charge is 0.291 e. The van der Waals surface area contributed by atoms with Crippen LogP contribution in [0.5, 0.6) is 5.75 Å². The van der Waals surface area contributed by atoms with Crippen LogP contribution in [0.25, 0.3) is 0 Å². The molecule has 3 aromatic rings. The van der Waals surface area contributed by atoms with Crippen molar-refractivity contribution in [3.63, 3.8) is 0 Å². The van der Waals surface area contributed by atoms with Crippen molar-refractivity contribution in [2.75, 3.05) is 12.4 Å². The average Bonchev–Trinajstić information content (AvgIpc) is 3.22. The Kier molecular flexibility index (Phi) is 5.71. The number of hydrogen-bond donors (Lipinski definition) is 1. The van der Waals surface area contributed by atoms with Crippen molar-refractivity contribution < 1.29 is 13.9 Å². The number of rotatable bonds is 6. The van der Waals surface area contributed by atoms with E-state index in [1.165, 1.54) is 11.8 Å². The highest BCUT2D eigenvalue weighted by molar-refractivity contribution is 6.03. The number of nitrogens with one attached hydrogen (secondary N) is 1. The first-order chi connectivity index (χ1) is 13.1. The van der Waals surface area contributed by atoms with Crippen LogP contribution in [0.4, 0.5) is 11.4 Å². The van der Waals surface area contributed by atoms with Gasteiger partial charge >= 0.3 is 0 Å². The van der Waals surface area contributed by atoms with Gasteiger partial charge in [0.2, 0.25) is 0 Å². The average molecular weight is 362 g/mol. The van der Waals surface area contributed by atoms with Crippen LogP contribution in [-0.4, -0.2) is 19.2 Å². The molecule has 0 aliphatic rings. The fraction of sp³-hybridized carbons (Fsp3) is 0.182. The summed E-state index contributed by atoms with van der Waals surface area (Å²) in [6.07, 6.45) is 3.26. The Bertz CT molecular complexity index is 927. The molecule has 1 amide bonds. The number of hydrogen-bond acceptors (Lipinski definition) is 4. The van der Waals surface area contributed by atoms with Crippen molar-refractivity contribution >= 4 is 23.5 Å². The molecule has 5 nitrogen and oxygen atoms in total. The van der Waals surface area contributed by atoms with Gasteiger partial charge in [0.25, 0.3) is 5.91 Å². The van der Waals surface area contributed by atoms with Gasteiger partial charge in [-0.2, -0.15) is 0 Å². The van der Waals surface area contributed by atoms with Crippen LogP contribution in [0.3, 0.4) is 0 Å². The third-order valence-corrected chi connectivity index (χ3v) is 4.14. The van der Waals surface area contributed by atoms with Crippen molar-refractivity contribution in [3.05, 3.63) is 77.7 Å². The van der Waals surface area contributed by atoms with Crippen LogP contribution >= 0.6 is 0 Å². The van der Waals surface area contributed by atoms with E-state index in [1.54, 1.807) is 37.6 Å². The molecule has 2 aromatic carbocycles. The quantitative estimate of drug-likeness (QED) is 0.596. The molecule has 0 radical (unpaired) electrons. The van der Waals surface area contributed by atoms with Crippen molar-refractivity contribution in [1.82, 2.24) is 0 Å². The maximum absolute atomic E-state index is 12.1. The summed E-state index contributed by atoms with van der Waals surface area (Å²) in [6.45, 7) is 4.34. The second-order valence-electron chi connectivity index (χ2n) is 6.40. The lowest BCUT2D eigenvalue weighted by Crippen LogP contribution is -2.11. The molecule has 3 rings (SSSR count). The van der Waals surface area contributed by atoms with Crippen LogP contribution in [-0.2, 0) is 0 Å². The van der Waals surface area contributed by atoms with Crippen molar-refractivity contribution in [2.24, 2.45) is 4.99 Å². The molecule has 0 atom stereocenters. The molecule has 0 fully saturated rings. The molecule has 0 saturated carbocycles. The van der Waals surface area contributed by atoms with Crippen LogP contribution < -0.4 is 10.1 Å². The lowest BCUT2D eigenvalue weighted by molar-refractivity contribution is 0.0996. The number of ether oxygens (including phenoxy) is 1.